The molecule has 23 heavy (non-hydrogen) atoms. The van der Waals surface area contributed by atoms with Gasteiger partial charge in [0.15, 0.2) is 10.9 Å². The minimum atomic E-state index is -0.441. The molecular weight excluding hydrogens is 314 g/mol. The van der Waals surface area contributed by atoms with Crippen LogP contribution in [-0.4, -0.2) is 26.9 Å². The zero-order chi connectivity index (χ0) is 17.0. The third kappa shape index (κ3) is 4.68. The van der Waals surface area contributed by atoms with Crippen molar-refractivity contribution in [3.63, 3.8) is 0 Å². The molecule has 0 saturated carbocycles. The third-order valence-electron chi connectivity index (χ3n) is 2.96. The first-order valence-corrected chi connectivity index (χ1v) is 7.71. The molecule has 1 aromatic carbocycles. The van der Waals surface area contributed by atoms with Crippen molar-refractivity contribution >= 4 is 40.8 Å². The van der Waals surface area contributed by atoms with Crippen LogP contribution in [0.1, 0.15) is 24.2 Å². The summed E-state index contributed by atoms with van der Waals surface area (Å²) in [7, 11) is 0. The Kier molecular flexibility index (Phi) is 5.17. The molecule has 0 aliphatic rings. The summed E-state index contributed by atoms with van der Waals surface area (Å²) in [6, 6.07) is 8.14. The molecule has 0 fully saturated rings. The van der Waals surface area contributed by atoms with Crippen LogP contribution in [0.25, 0.3) is 0 Å². The average Bonchev–Trinajstić information content (AvgIpc) is 2.46. The number of nitrogens with one attached hydrogen (secondary N) is 1. The Morgan fingerprint density at radius 3 is 2.22 bits per heavy atom. The van der Waals surface area contributed by atoms with Gasteiger partial charge in [-0.1, -0.05) is 11.8 Å². The molecule has 5 N–H and O–H groups in total. The van der Waals surface area contributed by atoms with Gasteiger partial charge in [0.05, 0.1) is 5.25 Å². The Hall–Kier alpha value is -2.61. The number of thioether (sulfide) groups is 1. The number of hydrogen-bond donors (Lipinski definition) is 3. The molecule has 0 bridgehead atoms. The maximum absolute atomic E-state index is 12.2. The second-order valence-electron chi connectivity index (χ2n) is 4.88. The van der Waals surface area contributed by atoms with Gasteiger partial charge in [-0.05, 0) is 38.1 Å². The number of anilines is 3. The van der Waals surface area contributed by atoms with Crippen LogP contribution in [0.2, 0.25) is 0 Å². The van der Waals surface area contributed by atoms with E-state index in [0.717, 1.165) is 11.8 Å². The number of amides is 1. The maximum Gasteiger partial charge on any atom is 0.237 e. The minimum Gasteiger partial charge on any atom is -0.383 e. The highest BCUT2D eigenvalue weighted by molar-refractivity contribution is 8.00. The number of hydrogen-bond acceptors (Lipinski definition) is 7. The van der Waals surface area contributed by atoms with Crippen molar-refractivity contribution in [3.05, 3.63) is 35.9 Å². The van der Waals surface area contributed by atoms with Crippen molar-refractivity contribution < 1.29 is 9.59 Å². The second-order valence-corrected chi connectivity index (χ2v) is 6.19. The molecule has 120 valence electrons. The van der Waals surface area contributed by atoms with E-state index in [2.05, 4.69) is 15.3 Å². The molecule has 1 amide bonds. The molecule has 7 nitrogen and oxygen atoms in total. The largest absolute Gasteiger partial charge is 0.383 e. The zero-order valence-electron chi connectivity index (χ0n) is 12.7. The fourth-order valence-electron chi connectivity index (χ4n) is 1.76. The monoisotopic (exact) mass is 331 g/mol. The highest BCUT2D eigenvalue weighted by Crippen LogP contribution is 2.22. The molecule has 1 heterocycles. The van der Waals surface area contributed by atoms with Crippen LogP contribution in [0.15, 0.2) is 35.5 Å². The van der Waals surface area contributed by atoms with Gasteiger partial charge in [-0.3, -0.25) is 9.59 Å². The first-order chi connectivity index (χ1) is 10.8. The van der Waals surface area contributed by atoms with Gasteiger partial charge in [-0.2, -0.15) is 0 Å². The summed E-state index contributed by atoms with van der Waals surface area (Å²) in [5, 5.41) is 2.67. The van der Waals surface area contributed by atoms with Crippen molar-refractivity contribution in [1.29, 1.82) is 0 Å². The Morgan fingerprint density at radius 1 is 1.13 bits per heavy atom. The van der Waals surface area contributed by atoms with E-state index in [1.807, 2.05) is 0 Å². The van der Waals surface area contributed by atoms with Gasteiger partial charge < -0.3 is 16.8 Å². The summed E-state index contributed by atoms with van der Waals surface area (Å²) in [6.45, 7) is 3.22. The van der Waals surface area contributed by atoms with Gasteiger partial charge in [0.2, 0.25) is 5.91 Å². The molecule has 0 unspecified atom stereocenters. The Bertz CT molecular complexity index is 713. The number of nitrogen functional groups attached to an aromatic ring is 2. The van der Waals surface area contributed by atoms with E-state index in [9.17, 15) is 9.59 Å². The maximum atomic E-state index is 12.2. The lowest BCUT2D eigenvalue weighted by Crippen LogP contribution is -2.22. The number of nitrogens with zero attached hydrogens (tertiary/aromatic N) is 2. The van der Waals surface area contributed by atoms with E-state index in [1.54, 1.807) is 31.2 Å². The Morgan fingerprint density at radius 2 is 1.70 bits per heavy atom. The summed E-state index contributed by atoms with van der Waals surface area (Å²) in [4.78, 5) is 31.5. The van der Waals surface area contributed by atoms with E-state index < -0.39 is 5.25 Å². The van der Waals surface area contributed by atoms with Gasteiger partial charge in [0.1, 0.15) is 11.6 Å². The smallest absolute Gasteiger partial charge is 0.237 e. The van der Waals surface area contributed by atoms with E-state index in [1.165, 1.54) is 13.0 Å². The first-order valence-electron chi connectivity index (χ1n) is 6.83. The van der Waals surface area contributed by atoms with Crippen molar-refractivity contribution in [3.8, 4) is 0 Å². The lowest BCUT2D eigenvalue weighted by molar-refractivity contribution is -0.115. The Balaban J connectivity index is 2.00. The number of nitrogens with two attached hydrogens (primary N) is 2. The fourth-order valence-corrected chi connectivity index (χ4v) is 2.56. The third-order valence-corrected chi connectivity index (χ3v) is 3.92. The fraction of sp³-hybridized carbons (Fsp3) is 0.200. The predicted octanol–water partition coefficient (Wildman–Crippen LogP) is 1.96. The Labute approximate surface area is 137 Å². The van der Waals surface area contributed by atoms with Gasteiger partial charge >= 0.3 is 0 Å². The van der Waals surface area contributed by atoms with Crippen LogP contribution >= 0.6 is 11.8 Å². The summed E-state index contributed by atoms with van der Waals surface area (Å²) in [5.74, 6) is 0.276. The summed E-state index contributed by atoms with van der Waals surface area (Å²) in [5.41, 5.74) is 12.4. The number of aromatic nitrogens is 2. The number of carbonyl (C=O) groups is 2. The average molecular weight is 331 g/mol. The number of Topliss-reactive ketones (excluding diaryl/α,β-unsaturated/α-hetero) is 1. The molecule has 0 aliphatic heterocycles. The highest BCUT2D eigenvalue weighted by atomic mass is 32.2. The van der Waals surface area contributed by atoms with Crippen LogP contribution in [0, 0.1) is 0 Å². The van der Waals surface area contributed by atoms with Crippen LogP contribution in [0.3, 0.4) is 0 Å². The molecular formula is C15H17N5O2S. The normalized spacial score (nSPS) is 11.7. The van der Waals surface area contributed by atoms with Crippen LogP contribution < -0.4 is 16.8 Å². The van der Waals surface area contributed by atoms with Crippen LogP contribution in [-0.2, 0) is 4.79 Å². The molecule has 1 aromatic heterocycles. The van der Waals surface area contributed by atoms with E-state index in [4.69, 9.17) is 11.5 Å². The first kappa shape index (κ1) is 16.8. The lowest BCUT2D eigenvalue weighted by atomic mass is 10.1. The predicted molar refractivity (Wildman–Crippen MR) is 91.3 cm³/mol. The van der Waals surface area contributed by atoms with Crippen LogP contribution in [0.5, 0.6) is 0 Å². The number of ketones is 1. The summed E-state index contributed by atoms with van der Waals surface area (Å²) in [6.07, 6.45) is 0. The van der Waals surface area contributed by atoms with Gasteiger partial charge in [0, 0.05) is 17.3 Å². The van der Waals surface area contributed by atoms with Gasteiger partial charge in [0.25, 0.3) is 0 Å². The van der Waals surface area contributed by atoms with Crippen LogP contribution in [0.4, 0.5) is 17.3 Å². The van der Waals surface area contributed by atoms with Crippen molar-refractivity contribution in [2.24, 2.45) is 0 Å². The quantitative estimate of drug-likeness (QED) is 0.434. The van der Waals surface area contributed by atoms with E-state index >= 15 is 0 Å². The second kappa shape index (κ2) is 7.10. The molecule has 0 spiro atoms. The SMILES string of the molecule is CC(=O)c1ccc(NC(=O)[C@@H](C)Sc2nc(N)cc(N)n2)cc1. The molecule has 0 radical (unpaired) electrons. The lowest BCUT2D eigenvalue weighted by Gasteiger charge is -2.11. The van der Waals surface area contributed by atoms with Crippen molar-refractivity contribution in [2.45, 2.75) is 24.3 Å². The molecule has 0 aliphatic carbocycles. The number of benzene rings is 1. The van der Waals surface area contributed by atoms with E-state index in [-0.39, 0.29) is 23.3 Å². The van der Waals surface area contributed by atoms with Gasteiger partial charge in [-0.15, -0.1) is 0 Å². The molecule has 2 rings (SSSR count). The van der Waals surface area contributed by atoms with Crippen molar-refractivity contribution in [2.75, 3.05) is 16.8 Å². The van der Waals surface area contributed by atoms with Gasteiger partial charge in [-0.25, -0.2) is 9.97 Å². The topological polar surface area (TPSA) is 124 Å². The molecule has 1 atom stereocenters. The van der Waals surface area contributed by atoms with Crippen molar-refractivity contribution in [1.82, 2.24) is 9.97 Å². The summed E-state index contributed by atoms with van der Waals surface area (Å²) < 4.78 is 0. The number of carbonyl (C=O) groups excluding carboxylic acids is 2. The standard InChI is InChI=1S/C15H17N5O2S/c1-8(21)10-3-5-11(6-4-10)18-14(22)9(2)23-15-19-12(16)7-13(17)20-15/h3-7,9H,1-2H3,(H,18,22)(H4,16,17,19,20)/t9-/m1/s1. The zero-order valence-corrected chi connectivity index (χ0v) is 13.6. The highest BCUT2D eigenvalue weighted by Gasteiger charge is 2.17. The molecule has 8 heteroatoms. The molecule has 0 saturated heterocycles. The number of rotatable bonds is 5. The van der Waals surface area contributed by atoms with E-state index in [0.29, 0.717) is 16.4 Å². The minimum absolute atomic E-state index is 0.0248. The summed E-state index contributed by atoms with van der Waals surface area (Å²) >= 11 is 1.16. The molecule has 2 aromatic rings.